The number of rotatable bonds is 5. The Morgan fingerprint density at radius 1 is 0.800 bits per heavy atom. The van der Waals surface area contributed by atoms with Crippen LogP contribution < -0.4 is 0 Å². The minimum Gasteiger partial charge on any atom is -0.306 e. The van der Waals surface area contributed by atoms with Gasteiger partial charge in [0, 0.05) is 11.0 Å². The average Bonchev–Trinajstić information content (AvgIpc) is 2.80. The van der Waals surface area contributed by atoms with Gasteiger partial charge in [-0.1, -0.05) is 67.6 Å². The Morgan fingerprint density at radius 2 is 1.30 bits per heavy atom. The van der Waals surface area contributed by atoms with Crippen LogP contribution in [0.4, 0.5) is 0 Å². The topological polar surface area (TPSA) is 6.48 Å². The van der Waals surface area contributed by atoms with E-state index in [1.807, 2.05) is 0 Å². The van der Waals surface area contributed by atoms with Crippen molar-refractivity contribution in [2.45, 2.75) is 56.4 Å². The zero-order valence-electron chi connectivity index (χ0n) is 19.4. The summed E-state index contributed by atoms with van der Waals surface area (Å²) in [5.74, 6) is 2.51. The number of piperidine rings is 1. The molecule has 2 fully saturated rings. The van der Waals surface area contributed by atoms with Gasteiger partial charge in [0.1, 0.15) is 0 Å². The first-order valence-corrected chi connectivity index (χ1v) is 11.8. The van der Waals surface area contributed by atoms with Crippen LogP contribution in [0.25, 0.3) is 0 Å². The minimum atomic E-state index is 0.145. The Kier molecular flexibility index (Phi) is 6.36. The predicted octanol–water partition coefficient (Wildman–Crippen LogP) is 5.89. The lowest BCUT2D eigenvalue weighted by Crippen LogP contribution is -2.51. The second-order valence-electron chi connectivity index (χ2n) is 10.0. The molecule has 2 aliphatic rings. The average molecular weight is 404 g/mol. The molecule has 4 rings (SSSR count). The van der Waals surface area contributed by atoms with E-state index in [1.54, 1.807) is 11.5 Å². The Labute approximate surface area is 184 Å². The van der Waals surface area contributed by atoms with Gasteiger partial charge in [-0.05, 0) is 95.7 Å². The molecule has 30 heavy (non-hydrogen) atoms. The maximum atomic E-state index is 2.49. The number of hydrogen-bond acceptors (Lipinski definition) is 2. The van der Waals surface area contributed by atoms with Crippen LogP contribution in [0.5, 0.6) is 0 Å². The molecule has 2 nitrogen and oxygen atoms in total. The third-order valence-corrected chi connectivity index (χ3v) is 8.51. The van der Waals surface area contributed by atoms with Gasteiger partial charge in [-0.3, -0.25) is 4.90 Å². The SMILES string of the molecule is C[C](C1CCN(C)CC1)C1(c2ccccc2)CCC(c2ccccc2)(N(C)C)CC1. The Hall–Kier alpha value is -1.64. The van der Waals surface area contributed by atoms with Crippen LogP contribution in [0.15, 0.2) is 60.7 Å². The van der Waals surface area contributed by atoms with E-state index in [1.165, 1.54) is 57.2 Å². The third kappa shape index (κ3) is 3.85. The normalized spacial score (nSPS) is 28.9. The van der Waals surface area contributed by atoms with Gasteiger partial charge < -0.3 is 4.90 Å². The lowest BCUT2D eigenvalue weighted by Gasteiger charge is -2.54. The van der Waals surface area contributed by atoms with Crippen LogP contribution in [-0.2, 0) is 11.0 Å². The summed E-state index contributed by atoms with van der Waals surface area (Å²) >= 11 is 0. The molecule has 0 bridgehead atoms. The maximum Gasteiger partial charge on any atom is 0.0455 e. The molecule has 0 N–H and O–H groups in total. The molecule has 161 valence electrons. The summed E-state index contributed by atoms with van der Waals surface area (Å²) in [5, 5.41) is 0. The first kappa shape index (κ1) is 21.6. The Morgan fingerprint density at radius 3 is 1.80 bits per heavy atom. The molecule has 1 radical (unpaired) electrons. The fourth-order valence-corrected chi connectivity index (χ4v) is 6.33. The second-order valence-corrected chi connectivity index (χ2v) is 10.0. The molecule has 2 aromatic rings. The fraction of sp³-hybridized carbons (Fsp3) is 0.536. The maximum absolute atomic E-state index is 2.49. The summed E-state index contributed by atoms with van der Waals surface area (Å²) in [5.41, 5.74) is 3.39. The highest BCUT2D eigenvalue weighted by molar-refractivity contribution is 5.37. The fourth-order valence-electron chi connectivity index (χ4n) is 6.33. The van der Waals surface area contributed by atoms with Crippen molar-refractivity contribution in [2.24, 2.45) is 5.92 Å². The summed E-state index contributed by atoms with van der Waals surface area (Å²) in [6.07, 6.45) is 7.53. The smallest absolute Gasteiger partial charge is 0.0455 e. The first-order chi connectivity index (χ1) is 14.5. The number of hydrogen-bond donors (Lipinski definition) is 0. The summed E-state index contributed by atoms with van der Waals surface area (Å²) < 4.78 is 0. The van der Waals surface area contributed by atoms with Crippen molar-refractivity contribution in [3.8, 4) is 0 Å². The second kappa shape index (κ2) is 8.85. The van der Waals surface area contributed by atoms with Crippen LogP contribution in [-0.4, -0.2) is 44.0 Å². The van der Waals surface area contributed by atoms with Crippen LogP contribution in [0.3, 0.4) is 0 Å². The molecule has 0 amide bonds. The van der Waals surface area contributed by atoms with E-state index in [0.717, 1.165) is 5.92 Å². The standard InChI is InChI=1S/C28H39N2/c1-23(24-15-21-30(4)22-16-24)27(25-11-7-5-8-12-25)17-19-28(20-18-27,29(2)3)26-13-9-6-10-14-26/h5-14,24H,15-22H2,1-4H3. The number of benzene rings is 2. The molecule has 0 spiro atoms. The lowest BCUT2D eigenvalue weighted by molar-refractivity contribution is 0.0607. The lowest BCUT2D eigenvalue weighted by atomic mass is 9.54. The number of likely N-dealkylation sites (tertiary alicyclic amines) is 1. The van der Waals surface area contributed by atoms with Crippen molar-refractivity contribution in [2.75, 3.05) is 34.2 Å². The van der Waals surface area contributed by atoms with Gasteiger partial charge in [-0.25, -0.2) is 0 Å². The van der Waals surface area contributed by atoms with Crippen molar-refractivity contribution < 1.29 is 0 Å². The number of nitrogens with zero attached hydrogens (tertiary/aromatic N) is 2. The summed E-state index contributed by atoms with van der Waals surface area (Å²) in [4.78, 5) is 4.98. The van der Waals surface area contributed by atoms with Crippen molar-refractivity contribution in [3.63, 3.8) is 0 Å². The van der Waals surface area contributed by atoms with Crippen molar-refractivity contribution in [3.05, 3.63) is 77.7 Å². The van der Waals surface area contributed by atoms with Gasteiger partial charge in [0.05, 0.1) is 0 Å². The minimum absolute atomic E-state index is 0.145. The summed E-state index contributed by atoms with van der Waals surface area (Å²) in [7, 11) is 6.82. The van der Waals surface area contributed by atoms with E-state index in [9.17, 15) is 0 Å². The predicted molar refractivity (Wildman–Crippen MR) is 128 cm³/mol. The van der Waals surface area contributed by atoms with Gasteiger partial charge in [-0.15, -0.1) is 0 Å². The molecule has 1 saturated carbocycles. The molecule has 2 heteroatoms. The summed E-state index contributed by atoms with van der Waals surface area (Å²) in [6, 6.07) is 22.7. The first-order valence-electron chi connectivity index (χ1n) is 11.8. The highest BCUT2D eigenvalue weighted by Crippen LogP contribution is 2.55. The molecule has 2 aromatic carbocycles. The zero-order chi connectivity index (χ0) is 21.2. The van der Waals surface area contributed by atoms with E-state index in [0.29, 0.717) is 0 Å². The Bertz CT molecular complexity index is 782. The van der Waals surface area contributed by atoms with Gasteiger partial charge in [0.25, 0.3) is 0 Å². The van der Waals surface area contributed by atoms with Crippen molar-refractivity contribution in [1.29, 1.82) is 0 Å². The van der Waals surface area contributed by atoms with Crippen LogP contribution in [0, 0.1) is 11.8 Å². The molecule has 0 unspecified atom stereocenters. The van der Waals surface area contributed by atoms with Crippen molar-refractivity contribution >= 4 is 0 Å². The zero-order valence-corrected chi connectivity index (χ0v) is 19.4. The van der Waals surface area contributed by atoms with E-state index in [2.05, 4.69) is 98.5 Å². The monoisotopic (exact) mass is 403 g/mol. The molecule has 1 aliphatic carbocycles. The molecule has 1 heterocycles. The van der Waals surface area contributed by atoms with Gasteiger partial charge in [0.15, 0.2) is 0 Å². The highest BCUT2D eigenvalue weighted by Gasteiger charge is 2.49. The highest BCUT2D eigenvalue weighted by atomic mass is 15.1. The molecular formula is C28H39N2. The quantitative estimate of drug-likeness (QED) is 0.614. The molecule has 0 aromatic heterocycles. The van der Waals surface area contributed by atoms with Crippen LogP contribution >= 0.6 is 0 Å². The van der Waals surface area contributed by atoms with Gasteiger partial charge in [-0.2, -0.15) is 0 Å². The van der Waals surface area contributed by atoms with E-state index >= 15 is 0 Å². The van der Waals surface area contributed by atoms with Crippen LogP contribution in [0.2, 0.25) is 0 Å². The van der Waals surface area contributed by atoms with E-state index in [-0.39, 0.29) is 11.0 Å². The summed E-state index contributed by atoms with van der Waals surface area (Å²) in [6.45, 7) is 4.96. The van der Waals surface area contributed by atoms with E-state index in [4.69, 9.17) is 0 Å². The largest absolute Gasteiger partial charge is 0.306 e. The third-order valence-electron chi connectivity index (χ3n) is 8.51. The molecule has 1 aliphatic heterocycles. The molecule has 0 atom stereocenters. The van der Waals surface area contributed by atoms with Gasteiger partial charge in [0.2, 0.25) is 0 Å². The van der Waals surface area contributed by atoms with E-state index < -0.39 is 0 Å². The Balaban J connectivity index is 1.66. The van der Waals surface area contributed by atoms with Crippen LogP contribution in [0.1, 0.15) is 56.6 Å². The molecular weight excluding hydrogens is 364 g/mol. The van der Waals surface area contributed by atoms with Crippen molar-refractivity contribution in [1.82, 2.24) is 9.80 Å². The molecule has 1 saturated heterocycles. The van der Waals surface area contributed by atoms with Gasteiger partial charge >= 0.3 is 0 Å².